The van der Waals surface area contributed by atoms with Crippen molar-refractivity contribution in [3.8, 4) is 0 Å². The molecule has 0 heterocycles. The molecule has 7 nitrogen and oxygen atoms in total. The number of benzene rings is 1. The number of hydrogen-bond acceptors (Lipinski definition) is 6. The molecule has 0 aliphatic heterocycles. The molecule has 1 N–H and O–H groups in total. The van der Waals surface area contributed by atoms with E-state index in [9.17, 15) is 18.0 Å². The topological polar surface area (TPSA) is 98.8 Å². The molecule has 1 fully saturated rings. The summed E-state index contributed by atoms with van der Waals surface area (Å²) in [5.74, 6) is -1.14. The van der Waals surface area contributed by atoms with Crippen LogP contribution in [0.2, 0.25) is 0 Å². The summed E-state index contributed by atoms with van der Waals surface area (Å²) in [6.45, 7) is -0.136. The summed E-state index contributed by atoms with van der Waals surface area (Å²) in [7, 11) is -2.31. The van der Waals surface area contributed by atoms with E-state index in [-0.39, 0.29) is 18.3 Å². The molecule has 0 spiro atoms. The molecule has 0 aromatic heterocycles. The van der Waals surface area contributed by atoms with Crippen LogP contribution in [-0.2, 0) is 35.5 Å². The molecule has 2 rings (SSSR count). The lowest BCUT2D eigenvalue weighted by molar-refractivity contribution is -0.139. The molecule has 0 amide bonds. The van der Waals surface area contributed by atoms with Crippen LogP contribution < -0.4 is 4.72 Å². The Bertz CT molecular complexity index is 785. The van der Waals surface area contributed by atoms with Crippen molar-refractivity contribution in [2.45, 2.75) is 44.6 Å². The lowest BCUT2D eigenvalue weighted by Gasteiger charge is -2.24. The fourth-order valence-electron chi connectivity index (χ4n) is 3.43. The molecular formula is C21H29NO6S. The van der Waals surface area contributed by atoms with Crippen LogP contribution in [0, 0.1) is 5.92 Å². The van der Waals surface area contributed by atoms with Gasteiger partial charge in [-0.2, -0.15) is 0 Å². The van der Waals surface area contributed by atoms with Crippen LogP contribution in [0.1, 0.15) is 37.7 Å². The molecule has 1 aromatic carbocycles. The summed E-state index contributed by atoms with van der Waals surface area (Å²) in [6.07, 6.45) is 7.46. The number of sulfonamides is 1. The monoisotopic (exact) mass is 423 g/mol. The van der Waals surface area contributed by atoms with Crippen LogP contribution in [0.3, 0.4) is 0 Å². The van der Waals surface area contributed by atoms with Crippen LogP contribution in [-0.4, -0.2) is 45.9 Å². The number of ether oxygens (including phenoxy) is 2. The molecule has 0 bridgehead atoms. The molecule has 1 aliphatic rings. The van der Waals surface area contributed by atoms with Crippen molar-refractivity contribution in [3.63, 3.8) is 0 Å². The lowest BCUT2D eigenvalue weighted by atomic mass is 9.91. The van der Waals surface area contributed by atoms with Gasteiger partial charge in [0.2, 0.25) is 10.0 Å². The average molecular weight is 424 g/mol. The Balaban J connectivity index is 1.99. The standard InChI is InChI=1S/C21H29NO6S/c1-27-20(23)12-13-21(24)28-15-19(14-17-8-4-2-5-9-17)22-29(25,26)16-18-10-6-3-7-11-18/h2,4-5,8-9,12-13,18-19,22H,3,6-7,10-11,14-16H2,1H3/b13-12+. The molecule has 1 unspecified atom stereocenters. The minimum atomic E-state index is -3.51. The van der Waals surface area contributed by atoms with E-state index in [0.717, 1.165) is 49.8 Å². The predicted molar refractivity (Wildman–Crippen MR) is 110 cm³/mol. The second-order valence-corrected chi connectivity index (χ2v) is 9.08. The molecule has 8 heteroatoms. The Kier molecular flexibility index (Phi) is 9.34. The van der Waals surface area contributed by atoms with Crippen LogP contribution >= 0.6 is 0 Å². The van der Waals surface area contributed by atoms with Gasteiger partial charge in [0.15, 0.2) is 0 Å². The second-order valence-electron chi connectivity index (χ2n) is 7.28. The fourth-order valence-corrected chi connectivity index (χ4v) is 5.14. The van der Waals surface area contributed by atoms with Crippen molar-refractivity contribution < 1.29 is 27.5 Å². The van der Waals surface area contributed by atoms with Gasteiger partial charge in [-0.25, -0.2) is 22.7 Å². The van der Waals surface area contributed by atoms with Gasteiger partial charge in [-0.05, 0) is 30.7 Å². The summed E-state index contributed by atoms with van der Waals surface area (Å²) in [5, 5.41) is 0. The van der Waals surface area contributed by atoms with Crippen molar-refractivity contribution in [1.82, 2.24) is 4.72 Å². The van der Waals surface area contributed by atoms with Crippen LogP contribution in [0.4, 0.5) is 0 Å². The number of hydrogen-bond donors (Lipinski definition) is 1. The van der Waals surface area contributed by atoms with Crippen molar-refractivity contribution in [2.24, 2.45) is 5.92 Å². The van der Waals surface area contributed by atoms with E-state index in [1.54, 1.807) is 0 Å². The number of carbonyl (C=O) groups is 2. The highest BCUT2D eigenvalue weighted by Crippen LogP contribution is 2.24. The highest BCUT2D eigenvalue weighted by atomic mass is 32.2. The molecule has 1 aliphatic carbocycles. The minimum absolute atomic E-state index is 0.0917. The first kappa shape index (κ1) is 23.1. The minimum Gasteiger partial charge on any atom is -0.466 e. The summed E-state index contributed by atoms with van der Waals surface area (Å²) in [6, 6.07) is 8.80. The Hall–Kier alpha value is -2.19. The van der Waals surface area contributed by atoms with E-state index >= 15 is 0 Å². The third-order valence-electron chi connectivity index (χ3n) is 4.83. The van der Waals surface area contributed by atoms with Gasteiger partial charge in [0.05, 0.1) is 18.9 Å². The zero-order valence-corrected chi connectivity index (χ0v) is 17.5. The maximum Gasteiger partial charge on any atom is 0.331 e. The summed E-state index contributed by atoms with van der Waals surface area (Å²) in [5.41, 5.74) is 0.930. The Morgan fingerprint density at radius 1 is 1.10 bits per heavy atom. The molecule has 160 valence electrons. The van der Waals surface area contributed by atoms with Gasteiger partial charge in [0.25, 0.3) is 0 Å². The number of methoxy groups -OCH3 is 1. The maximum absolute atomic E-state index is 12.7. The van der Waals surface area contributed by atoms with Crippen molar-refractivity contribution in [2.75, 3.05) is 19.5 Å². The molecule has 1 saturated carbocycles. The summed E-state index contributed by atoms with van der Waals surface area (Å²) >= 11 is 0. The number of carbonyl (C=O) groups excluding carboxylic acids is 2. The molecule has 1 atom stereocenters. The zero-order valence-electron chi connectivity index (χ0n) is 16.7. The SMILES string of the molecule is COC(=O)/C=C/C(=O)OCC(Cc1ccccc1)NS(=O)(=O)CC1CCCCC1. The van der Waals surface area contributed by atoms with Crippen molar-refractivity contribution >= 4 is 22.0 Å². The predicted octanol–water partition coefficient (Wildman–Crippen LogP) is 2.37. The van der Waals surface area contributed by atoms with E-state index in [4.69, 9.17) is 4.74 Å². The van der Waals surface area contributed by atoms with Gasteiger partial charge in [-0.3, -0.25) is 0 Å². The fraction of sp³-hybridized carbons (Fsp3) is 0.524. The number of nitrogens with one attached hydrogen (secondary N) is 1. The molecule has 1 aromatic rings. The summed E-state index contributed by atoms with van der Waals surface area (Å²) in [4.78, 5) is 22.9. The van der Waals surface area contributed by atoms with Crippen molar-refractivity contribution in [3.05, 3.63) is 48.0 Å². The van der Waals surface area contributed by atoms with Crippen LogP contribution in [0.5, 0.6) is 0 Å². The Morgan fingerprint density at radius 2 is 1.76 bits per heavy atom. The average Bonchev–Trinajstić information content (AvgIpc) is 2.71. The largest absolute Gasteiger partial charge is 0.466 e. The van der Waals surface area contributed by atoms with E-state index in [2.05, 4.69) is 9.46 Å². The Morgan fingerprint density at radius 3 is 2.41 bits per heavy atom. The van der Waals surface area contributed by atoms with Crippen LogP contribution in [0.15, 0.2) is 42.5 Å². The summed E-state index contributed by atoms with van der Waals surface area (Å²) < 4.78 is 37.6. The highest BCUT2D eigenvalue weighted by Gasteiger charge is 2.25. The molecular weight excluding hydrogens is 394 g/mol. The third kappa shape index (κ3) is 9.23. The number of esters is 2. The molecule has 0 saturated heterocycles. The van der Waals surface area contributed by atoms with Gasteiger partial charge in [-0.15, -0.1) is 0 Å². The first-order valence-electron chi connectivity index (χ1n) is 9.84. The number of rotatable bonds is 10. The van der Waals surface area contributed by atoms with Crippen LogP contribution in [0.25, 0.3) is 0 Å². The quantitative estimate of drug-likeness (QED) is 0.458. The third-order valence-corrected chi connectivity index (χ3v) is 6.44. The lowest BCUT2D eigenvalue weighted by Crippen LogP contribution is -2.42. The van der Waals surface area contributed by atoms with Gasteiger partial charge in [0, 0.05) is 12.2 Å². The van der Waals surface area contributed by atoms with Gasteiger partial charge >= 0.3 is 11.9 Å². The van der Waals surface area contributed by atoms with Crippen molar-refractivity contribution in [1.29, 1.82) is 0 Å². The van der Waals surface area contributed by atoms with Gasteiger partial charge < -0.3 is 9.47 Å². The van der Waals surface area contributed by atoms with Gasteiger partial charge in [-0.1, -0.05) is 49.6 Å². The molecule has 0 radical (unpaired) electrons. The first-order chi connectivity index (χ1) is 13.9. The van der Waals surface area contributed by atoms with E-state index < -0.39 is 28.0 Å². The maximum atomic E-state index is 12.7. The normalized spacial score (nSPS) is 16.4. The second kappa shape index (κ2) is 11.7. The van der Waals surface area contributed by atoms with E-state index in [1.165, 1.54) is 7.11 Å². The zero-order chi connectivity index (χ0) is 21.1. The van der Waals surface area contributed by atoms with E-state index in [1.807, 2.05) is 30.3 Å². The smallest absolute Gasteiger partial charge is 0.331 e. The first-order valence-corrected chi connectivity index (χ1v) is 11.5. The van der Waals surface area contributed by atoms with Gasteiger partial charge in [0.1, 0.15) is 6.61 Å². The Labute approximate surface area is 172 Å². The molecule has 29 heavy (non-hydrogen) atoms. The highest BCUT2D eigenvalue weighted by molar-refractivity contribution is 7.89. The van der Waals surface area contributed by atoms with E-state index in [0.29, 0.717) is 6.42 Å².